The Hall–Kier alpha value is -5.58. The molecule has 10 unspecified atom stereocenters. The first-order chi connectivity index (χ1) is 54.5. The van der Waals surface area contributed by atoms with E-state index < -0.39 is 148 Å². The smallest absolute Gasteiger partial charge is 0.434 e. The van der Waals surface area contributed by atoms with E-state index in [1.807, 2.05) is 55.4 Å². The van der Waals surface area contributed by atoms with Crippen LogP contribution in [0, 0.1) is 97.6 Å². The van der Waals surface area contributed by atoms with Crippen LogP contribution in [-0.4, -0.2) is 155 Å². The maximum absolute atomic E-state index is 13.2. The predicted molar refractivity (Wildman–Crippen MR) is 404 cm³/mol. The van der Waals surface area contributed by atoms with Gasteiger partial charge in [0.25, 0.3) is 17.3 Å². The number of methoxy groups -OCH3 is 1. The molecule has 0 amide bonds. The molecular weight excluding hydrogens is 1650 g/mol. The van der Waals surface area contributed by atoms with Crippen molar-refractivity contribution in [1.29, 1.82) is 0 Å². The van der Waals surface area contributed by atoms with Crippen LogP contribution in [0.5, 0.6) is 0 Å². The second kappa shape index (κ2) is 38.5. The second-order valence-corrected chi connectivity index (χ2v) is 39.2. The fourth-order valence-corrected chi connectivity index (χ4v) is 17.1. The SMILES string of the molecule is CCC(C)(C)C(=O)OC(C(F)(F)F)C(F)(F)F.CCC(C)(C)C(=O)OC(C)(C)C(O)(C(F)(F)F)C(F)(F)F.CCC(C)(C)C(=O)OC(CC(O)(C(F)(F)F)C(F)(F)F)C1CC2CCC1C2.CCC(C)(C)C(=O)OC1(C)C2CC3CC(C2)CC1C3.CCC(C)(C)C(=O)OC1C2CC3C1OC(=O)C3C2C(=O)OC.CCC1(OC(=O)C(C)(C)CC)CCCC1. The molecule has 0 aromatic heterocycles. The van der Waals surface area contributed by atoms with Crippen molar-refractivity contribution in [3.63, 3.8) is 0 Å². The molecule has 0 radical (unpaired) electrons. The lowest BCUT2D eigenvalue weighted by atomic mass is 9.50. The van der Waals surface area contributed by atoms with Crippen molar-refractivity contribution in [2.24, 2.45) is 97.6 Å². The summed E-state index contributed by atoms with van der Waals surface area (Å²) in [5.74, 6) is -3.28. The molecule has 10 aliphatic rings. The summed E-state index contributed by atoms with van der Waals surface area (Å²) >= 11 is 0. The molecule has 0 aromatic rings. The van der Waals surface area contributed by atoms with Gasteiger partial charge >= 0.3 is 84.8 Å². The van der Waals surface area contributed by atoms with Crippen LogP contribution < -0.4 is 0 Å². The lowest BCUT2D eigenvalue weighted by molar-refractivity contribution is -0.408. The molecule has 704 valence electrons. The Kier molecular flexibility index (Phi) is 34.3. The van der Waals surface area contributed by atoms with Gasteiger partial charge in [0.1, 0.15) is 29.5 Å². The first-order valence-corrected chi connectivity index (χ1v) is 42.0. The minimum Gasteiger partial charge on any atom is -0.469 e. The minimum atomic E-state index is -6.06. The summed E-state index contributed by atoms with van der Waals surface area (Å²) in [5, 5.41) is 18.9. The lowest BCUT2D eigenvalue weighted by Crippen LogP contribution is -2.70. The second-order valence-electron chi connectivity index (χ2n) is 39.2. The molecule has 0 spiro atoms. The van der Waals surface area contributed by atoms with Crippen LogP contribution in [0.4, 0.5) is 79.0 Å². The van der Waals surface area contributed by atoms with E-state index in [-0.39, 0.29) is 82.4 Å². The third-order valence-corrected chi connectivity index (χ3v) is 28.2. The van der Waals surface area contributed by atoms with Gasteiger partial charge in [-0.3, -0.25) is 38.4 Å². The van der Waals surface area contributed by atoms with Gasteiger partial charge in [-0.2, -0.15) is 79.0 Å². The number of halogens is 18. The van der Waals surface area contributed by atoms with Crippen molar-refractivity contribution in [3.8, 4) is 0 Å². The van der Waals surface area contributed by atoms with Gasteiger partial charge in [-0.1, -0.05) is 54.9 Å². The van der Waals surface area contributed by atoms with Crippen LogP contribution in [-0.2, 0) is 76.3 Å². The maximum Gasteiger partial charge on any atom is 0.434 e. The average Bonchev–Trinajstić information content (AvgIpc) is 1.58. The molecule has 121 heavy (non-hydrogen) atoms. The quantitative estimate of drug-likeness (QED) is 0.0517. The number of hydrogen-bond donors (Lipinski definition) is 2. The van der Waals surface area contributed by atoms with E-state index in [0.717, 1.165) is 50.4 Å². The normalized spacial score (nSPS) is 27.3. The van der Waals surface area contributed by atoms with E-state index in [0.29, 0.717) is 64.2 Å². The Labute approximate surface area is 698 Å². The fourth-order valence-electron chi connectivity index (χ4n) is 17.1. The highest BCUT2D eigenvalue weighted by molar-refractivity contribution is 5.86. The van der Waals surface area contributed by atoms with E-state index in [4.69, 9.17) is 28.4 Å². The molecule has 36 heteroatoms. The zero-order valence-corrected chi connectivity index (χ0v) is 73.9. The van der Waals surface area contributed by atoms with E-state index in [1.165, 1.54) is 107 Å². The Morgan fingerprint density at radius 3 is 1.23 bits per heavy atom. The highest BCUT2D eigenvalue weighted by atomic mass is 19.4. The molecule has 0 aromatic carbocycles. The van der Waals surface area contributed by atoms with Crippen LogP contribution in [0.25, 0.3) is 0 Å². The van der Waals surface area contributed by atoms with Crippen LogP contribution in [0.15, 0.2) is 0 Å². The van der Waals surface area contributed by atoms with E-state index in [1.54, 1.807) is 6.92 Å². The van der Waals surface area contributed by atoms with Gasteiger partial charge in [0, 0.05) is 18.3 Å². The molecule has 8 bridgehead atoms. The highest BCUT2D eigenvalue weighted by Crippen LogP contribution is 2.62. The summed E-state index contributed by atoms with van der Waals surface area (Å²) < 4.78 is 269. The van der Waals surface area contributed by atoms with Gasteiger partial charge in [0.2, 0.25) is 0 Å². The van der Waals surface area contributed by atoms with Crippen molar-refractivity contribution in [3.05, 3.63) is 0 Å². The number of esters is 8. The van der Waals surface area contributed by atoms with Gasteiger partial charge in [0.05, 0.1) is 51.4 Å². The van der Waals surface area contributed by atoms with Gasteiger partial charge in [-0.25, -0.2) is 0 Å². The fraction of sp³-hybridized carbons (Fsp3) is 0.906. The number of ether oxygens (including phenoxy) is 8. The van der Waals surface area contributed by atoms with Crippen molar-refractivity contribution < 1.29 is 165 Å². The summed E-state index contributed by atoms with van der Waals surface area (Å²) in [6.07, 6.45) is -25.4. The van der Waals surface area contributed by atoms with Crippen molar-refractivity contribution in [2.75, 3.05) is 7.11 Å². The van der Waals surface area contributed by atoms with Gasteiger partial charge in [-0.15, -0.1) is 0 Å². The molecule has 1 heterocycles. The van der Waals surface area contributed by atoms with Crippen LogP contribution in [0.3, 0.4) is 0 Å². The largest absolute Gasteiger partial charge is 0.469 e. The summed E-state index contributed by atoms with van der Waals surface area (Å²) in [7, 11) is 1.31. The first-order valence-electron chi connectivity index (χ1n) is 42.0. The number of carbonyl (C=O) groups excluding carboxylic acids is 8. The molecule has 10 rings (SSSR count). The maximum atomic E-state index is 13.2. The third kappa shape index (κ3) is 24.2. The number of fused-ring (bicyclic) bond motifs is 3. The number of hydrogen-bond acceptors (Lipinski definition) is 18. The van der Waals surface area contributed by atoms with Gasteiger partial charge in [0.15, 0.2) is 5.60 Å². The van der Waals surface area contributed by atoms with Crippen molar-refractivity contribution in [1.82, 2.24) is 0 Å². The molecule has 10 atom stereocenters. The molecular formula is C85H130F18O18. The summed E-state index contributed by atoms with van der Waals surface area (Å²) in [6.45, 7) is 35.4. The molecule has 2 N–H and O–H groups in total. The zero-order valence-electron chi connectivity index (χ0n) is 73.9. The van der Waals surface area contributed by atoms with Crippen LogP contribution in [0.1, 0.15) is 294 Å². The Bertz CT molecular complexity index is 3460. The van der Waals surface area contributed by atoms with Crippen LogP contribution in [0.2, 0.25) is 0 Å². The average molecular weight is 1780 g/mol. The molecule has 10 fully saturated rings. The molecule has 9 saturated carbocycles. The number of carbonyl (C=O) groups is 8. The van der Waals surface area contributed by atoms with Crippen LogP contribution >= 0.6 is 0 Å². The lowest BCUT2D eigenvalue weighted by Gasteiger charge is -2.59. The summed E-state index contributed by atoms with van der Waals surface area (Å²) in [5.41, 5.74) is -18.6. The van der Waals surface area contributed by atoms with E-state index in [2.05, 4.69) is 30.2 Å². The number of alkyl halides is 18. The first kappa shape index (κ1) is 108. The third-order valence-electron chi connectivity index (χ3n) is 28.2. The minimum absolute atomic E-state index is 0.0185. The van der Waals surface area contributed by atoms with E-state index in [9.17, 15) is 128 Å². The summed E-state index contributed by atoms with van der Waals surface area (Å²) in [4.78, 5) is 96.2. The van der Waals surface area contributed by atoms with E-state index >= 15 is 0 Å². The monoisotopic (exact) mass is 1780 g/mol. The number of aliphatic hydroxyl groups is 2. The van der Waals surface area contributed by atoms with Gasteiger partial charge in [-0.05, 0) is 274 Å². The molecule has 18 nitrogen and oxygen atoms in total. The standard InChI is InChI=1S/C18H26F6O3.C17H28O2.C16H22O6.C13H24O2.C12H18F6O3.C9H12F6O2/c1-4-15(2,3)14(25)27-13(12-8-10-5-6-11(12)7-10)9-16(26,17(19,20)21)18(22,23)24;1-5-16(2,3)15(18)19-17(4)13-7-11-6-12(9-13)10-14(17)8-11;1-5-16(2,3)15(19)22-12-7-6-8-10(9(7)13(17)20-4)14(18)21-11(8)12;1-5-12(3,4)11(14)15-13(6-2)9-7-8-10-13;1-6-8(2,3)7(19)21-9(4,5)10(20,11(13,14)15)12(16,17)18;1-4-7(2,3)6(16)17-5(8(10,11)12)9(13,14)15/h10-13,26H,4-9H2,1-3H3;11-14H,5-10H2,1-4H3;7-12H,5-6H2,1-4H3;5-10H2,1-4H3;20H,6H2,1-5H3;5H,4H2,1-3H3. The zero-order chi connectivity index (χ0) is 94.0. The molecule has 1 saturated heterocycles. The molecule has 1 aliphatic heterocycles. The summed E-state index contributed by atoms with van der Waals surface area (Å²) in [6, 6.07) is 0. The Morgan fingerprint density at radius 2 is 0.868 bits per heavy atom. The number of rotatable bonds is 24. The Morgan fingerprint density at radius 1 is 0.471 bits per heavy atom. The predicted octanol–water partition coefficient (Wildman–Crippen LogP) is 21.3. The topological polar surface area (TPSA) is 251 Å². The van der Waals surface area contributed by atoms with Crippen molar-refractivity contribution >= 4 is 47.8 Å². The van der Waals surface area contributed by atoms with Gasteiger partial charge < -0.3 is 48.1 Å². The highest BCUT2D eigenvalue weighted by Gasteiger charge is 2.79. The Balaban J connectivity index is 0.000000308. The molecule has 9 aliphatic carbocycles. The van der Waals surface area contributed by atoms with Crippen molar-refractivity contribution in [2.45, 2.75) is 383 Å².